The first-order chi connectivity index (χ1) is 6.61. The minimum Gasteiger partial charge on any atom is -0.340 e. The molecule has 2 aliphatic heterocycles. The molecule has 1 amide bonds. The van der Waals surface area contributed by atoms with Gasteiger partial charge < -0.3 is 10.2 Å². The molecule has 14 heavy (non-hydrogen) atoms. The van der Waals surface area contributed by atoms with Gasteiger partial charge >= 0.3 is 0 Å². The van der Waals surface area contributed by atoms with Crippen molar-refractivity contribution in [3.05, 3.63) is 0 Å². The Morgan fingerprint density at radius 2 is 2.07 bits per heavy atom. The molecule has 0 saturated carbocycles. The molecule has 0 aromatic carbocycles. The van der Waals surface area contributed by atoms with Crippen LogP contribution < -0.4 is 5.32 Å². The van der Waals surface area contributed by atoms with Gasteiger partial charge in [-0.25, -0.2) is 0 Å². The maximum Gasteiger partial charge on any atom is 0.240 e. The molecule has 3 nitrogen and oxygen atoms in total. The highest BCUT2D eigenvalue weighted by molar-refractivity contribution is 7.99. The molecule has 2 rings (SSSR count). The number of nitrogens with one attached hydrogen (secondary N) is 1. The fourth-order valence-corrected chi connectivity index (χ4v) is 2.90. The third-order valence-electron chi connectivity index (χ3n) is 3.11. The highest BCUT2D eigenvalue weighted by Gasteiger charge is 2.44. The first-order valence-corrected chi connectivity index (χ1v) is 6.37. The van der Waals surface area contributed by atoms with E-state index in [4.69, 9.17) is 0 Å². The predicted molar refractivity (Wildman–Crippen MR) is 59.5 cm³/mol. The lowest BCUT2D eigenvalue weighted by Gasteiger charge is -2.46. The van der Waals surface area contributed by atoms with Gasteiger partial charge in [0.1, 0.15) is 0 Å². The van der Waals surface area contributed by atoms with E-state index in [1.165, 1.54) is 0 Å². The number of carbonyl (C=O) groups is 1. The van der Waals surface area contributed by atoms with Crippen molar-refractivity contribution in [1.82, 2.24) is 10.2 Å². The van der Waals surface area contributed by atoms with Gasteiger partial charge in [-0.05, 0) is 0 Å². The summed E-state index contributed by atoms with van der Waals surface area (Å²) in [6, 6.07) is 0.0607. The first kappa shape index (κ1) is 10.3. The van der Waals surface area contributed by atoms with Gasteiger partial charge in [0.05, 0.1) is 6.04 Å². The highest BCUT2D eigenvalue weighted by atomic mass is 32.2. The molecule has 1 N–H and O–H groups in total. The third-order valence-corrected chi connectivity index (χ3v) is 4.06. The summed E-state index contributed by atoms with van der Waals surface area (Å²) in [5, 5.41) is 3.23. The number of amides is 1. The van der Waals surface area contributed by atoms with Crippen LogP contribution in [-0.2, 0) is 4.79 Å². The third kappa shape index (κ3) is 1.77. The molecule has 0 radical (unpaired) electrons. The van der Waals surface area contributed by atoms with Crippen LogP contribution in [0.2, 0.25) is 0 Å². The molecule has 2 fully saturated rings. The normalized spacial score (nSPS) is 31.0. The van der Waals surface area contributed by atoms with E-state index in [1.54, 1.807) is 0 Å². The molecule has 1 atom stereocenters. The first-order valence-electron chi connectivity index (χ1n) is 5.21. The van der Waals surface area contributed by atoms with Gasteiger partial charge in [0.25, 0.3) is 0 Å². The number of nitrogens with zero attached hydrogens (tertiary/aromatic N) is 1. The Morgan fingerprint density at radius 3 is 2.50 bits per heavy atom. The van der Waals surface area contributed by atoms with Crippen LogP contribution in [0.4, 0.5) is 0 Å². The second-order valence-electron chi connectivity index (χ2n) is 4.74. The smallest absolute Gasteiger partial charge is 0.240 e. The molecule has 2 saturated heterocycles. The van der Waals surface area contributed by atoms with Gasteiger partial charge in [0, 0.05) is 36.6 Å². The second kappa shape index (κ2) is 3.74. The molecule has 0 bridgehead atoms. The zero-order valence-electron chi connectivity index (χ0n) is 8.88. The number of rotatable bonds is 1. The zero-order valence-corrected chi connectivity index (χ0v) is 9.69. The summed E-state index contributed by atoms with van der Waals surface area (Å²) in [4.78, 5) is 14.1. The van der Waals surface area contributed by atoms with E-state index in [0.717, 1.165) is 31.1 Å². The van der Waals surface area contributed by atoms with Crippen LogP contribution in [0.5, 0.6) is 0 Å². The van der Waals surface area contributed by atoms with E-state index in [-0.39, 0.29) is 11.5 Å². The Balaban J connectivity index is 1.94. The topological polar surface area (TPSA) is 32.3 Å². The van der Waals surface area contributed by atoms with Gasteiger partial charge in [0.2, 0.25) is 5.91 Å². The van der Waals surface area contributed by atoms with Crippen molar-refractivity contribution in [2.24, 2.45) is 5.41 Å². The van der Waals surface area contributed by atoms with Crippen LogP contribution in [0.3, 0.4) is 0 Å². The summed E-state index contributed by atoms with van der Waals surface area (Å²) in [5.74, 6) is 2.50. The van der Waals surface area contributed by atoms with Crippen molar-refractivity contribution in [3.63, 3.8) is 0 Å². The summed E-state index contributed by atoms with van der Waals surface area (Å²) in [7, 11) is 0. The van der Waals surface area contributed by atoms with Gasteiger partial charge in [0.15, 0.2) is 0 Å². The Morgan fingerprint density at radius 1 is 1.43 bits per heavy atom. The summed E-state index contributed by atoms with van der Waals surface area (Å²) in [6.45, 7) is 7.14. The van der Waals surface area contributed by atoms with Crippen LogP contribution in [0, 0.1) is 5.41 Å². The highest BCUT2D eigenvalue weighted by Crippen LogP contribution is 2.29. The van der Waals surface area contributed by atoms with Crippen LogP contribution >= 0.6 is 11.8 Å². The molecule has 4 heteroatoms. The molecule has 80 valence electrons. The minimum atomic E-state index is 0.0607. The maximum absolute atomic E-state index is 12.1. The van der Waals surface area contributed by atoms with Crippen molar-refractivity contribution in [2.45, 2.75) is 19.9 Å². The van der Waals surface area contributed by atoms with Crippen LogP contribution in [0.15, 0.2) is 0 Å². The Kier molecular flexibility index (Phi) is 2.75. The van der Waals surface area contributed by atoms with Gasteiger partial charge in [-0.1, -0.05) is 13.8 Å². The van der Waals surface area contributed by atoms with Crippen molar-refractivity contribution in [1.29, 1.82) is 0 Å². The summed E-state index contributed by atoms with van der Waals surface area (Å²) in [6.07, 6.45) is 0. The SMILES string of the molecule is CC1(C)CNC1C(=O)N1CCSCC1. The van der Waals surface area contributed by atoms with E-state index in [9.17, 15) is 4.79 Å². The Hall–Kier alpha value is -0.220. The average Bonchev–Trinajstić information content (AvgIpc) is 2.18. The summed E-state index contributed by atoms with van der Waals surface area (Å²) >= 11 is 1.94. The van der Waals surface area contributed by atoms with Crippen LogP contribution in [0.25, 0.3) is 0 Å². The minimum absolute atomic E-state index is 0.0607. The molecule has 2 aliphatic rings. The van der Waals surface area contributed by atoms with E-state index >= 15 is 0 Å². The van der Waals surface area contributed by atoms with Gasteiger partial charge in [-0.2, -0.15) is 11.8 Å². The zero-order chi connectivity index (χ0) is 10.2. The molecule has 0 aliphatic carbocycles. The number of hydrogen-bond donors (Lipinski definition) is 1. The number of thioether (sulfide) groups is 1. The monoisotopic (exact) mass is 214 g/mol. The van der Waals surface area contributed by atoms with Crippen molar-refractivity contribution in [3.8, 4) is 0 Å². The van der Waals surface area contributed by atoms with Crippen LogP contribution in [0.1, 0.15) is 13.8 Å². The van der Waals surface area contributed by atoms with E-state index < -0.39 is 0 Å². The van der Waals surface area contributed by atoms with Gasteiger partial charge in [-0.3, -0.25) is 4.79 Å². The lowest BCUT2D eigenvalue weighted by Crippen LogP contribution is -2.66. The van der Waals surface area contributed by atoms with Crippen molar-refractivity contribution in [2.75, 3.05) is 31.1 Å². The quantitative estimate of drug-likeness (QED) is 0.692. The van der Waals surface area contributed by atoms with Crippen LogP contribution in [-0.4, -0.2) is 48.0 Å². The van der Waals surface area contributed by atoms with E-state index in [2.05, 4.69) is 19.2 Å². The Labute approximate surface area is 89.6 Å². The second-order valence-corrected chi connectivity index (χ2v) is 5.96. The lowest BCUT2D eigenvalue weighted by atomic mass is 9.76. The standard InChI is InChI=1S/C10H18N2OS/c1-10(2)7-11-8(10)9(13)12-3-5-14-6-4-12/h8,11H,3-7H2,1-2H3. The molecule has 1 unspecified atom stereocenters. The summed E-state index contributed by atoms with van der Waals surface area (Å²) in [5.41, 5.74) is 0.154. The fourth-order valence-electron chi connectivity index (χ4n) is 2.00. The van der Waals surface area contributed by atoms with E-state index in [1.807, 2.05) is 16.7 Å². The molecule has 2 heterocycles. The van der Waals surface area contributed by atoms with E-state index in [0.29, 0.717) is 5.91 Å². The summed E-state index contributed by atoms with van der Waals surface area (Å²) < 4.78 is 0. The van der Waals surface area contributed by atoms with Crippen molar-refractivity contribution < 1.29 is 4.79 Å². The predicted octanol–water partition coefficient (Wildman–Crippen LogP) is 0.560. The largest absolute Gasteiger partial charge is 0.340 e. The lowest BCUT2D eigenvalue weighted by molar-refractivity contribution is -0.139. The molecular formula is C10H18N2OS. The number of hydrogen-bond acceptors (Lipinski definition) is 3. The molecule has 0 aromatic rings. The molecule has 0 aromatic heterocycles. The Bertz CT molecular complexity index is 236. The fraction of sp³-hybridized carbons (Fsp3) is 0.900. The van der Waals surface area contributed by atoms with Gasteiger partial charge in [-0.15, -0.1) is 0 Å². The maximum atomic E-state index is 12.1. The number of carbonyl (C=O) groups excluding carboxylic acids is 1. The molecule has 0 spiro atoms. The average molecular weight is 214 g/mol. The van der Waals surface area contributed by atoms with Crippen molar-refractivity contribution >= 4 is 17.7 Å². The molecular weight excluding hydrogens is 196 g/mol.